The van der Waals surface area contributed by atoms with Gasteiger partial charge in [0.1, 0.15) is 11.5 Å². The largest absolute Gasteiger partial charge is 0.454 e. The Morgan fingerprint density at radius 1 is 0.907 bits per heavy atom. The molecule has 1 fully saturated rings. The van der Waals surface area contributed by atoms with E-state index in [9.17, 15) is 14.4 Å². The molecule has 0 bridgehead atoms. The highest BCUT2D eigenvalue weighted by Gasteiger charge is 2.71. The van der Waals surface area contributed by atoms with Crippen molar-refractivity contribution in [3.05, 3.63) is 123 Å². The van der Waals surface area contributed by atoms with E-state index in [1.807, 2.05) is 53.5 Å². The zero-order chi connectivity index (χ0) is 29.5. The third kappa shape index (κ3) is 3.69. The predicted octanol–water partition coefficient (Wildman–Crippen LogP) is 6.69. The Balaban J connectivity index is 1.41. The molecule has 1 spiro atoms. The lowest BCUT2D eigenvalue weighted by atomic mass is 9.63. The molecule has 4 aliphatic rings. The first-order valence-electron chi connectivity index (χ1n) is 13.8. The summed E-state index contributed by atoms with van der Waals surface area (Å²) in [6.45, 7) is 0.0678. The molecule has 4 aromatic rings. The van der Waals surface area contributed by atoms with Gasteiger partial charge >= 0.3 is 0 Å². The van der Waals surface area contributed by atoms with Gasteiger partial charge in [-0.15, -0.1) is 0 Å². The van der Waals surface area contributed by atoms with Crippen molar-refractivity contribution in [3.63, 3.8) is 0 Å². The molecule has 8 rings (SSSR count). The molecule has 7 nitrogen and oxygen atoms in total. The number of Topliss-reactive ketones (excluding diaryl/α,β-unsaturated/α-hetero) is 2. The maximum Gasteiger partial charge on any atom is 0.238 e. The van der Waals surface area contributed by atoms with Crippen LogP contribution < -0.4 is 19.7 Å². The Labute approximate surface area is 260 Å². The van der Waals surface area contributed by atoms with Crippen molar-refractivity contribution < 1.29 is 23.9 Å². The first-order valence-corrected chi connectivity index (χ1v) is 15.0. The molecule has 4 aliphatic heterocycles. The van der Waals surface area contributed by atoms with Crippen LogP contribution in [0.1, 0.15) is 31.8 Å². The molecule has 0 aliphatic carbocycles. The maximum atomic E-state index is 14.9. The Morgan fingerprint density at radius 3 is 2.51 bits per heavy atom. The van der Waals surface area contributed by atoms with Gasteiger partial charge in [0.05, 0.1) is 12.0 Å². The van der Waals surface area contributed by atoms with Gasteiger partial charge in [-0.25, -0.2) is 0 Å². The number of halogens is 2. The number of carbonyl (C=O) groups is 3. The van der Waals surface area contributed by atoms with Gasteiger partial charge in [0, 0.05) is 32.0 Å². The van der Waals surface area contributed by atoms with Crippen LogP contribution in [0.2, 0.25) is 5.02 Å². The summed E-state index contributed by atoms with van der Waals surface area (Å²) < 4.78 is 11.9. The molecule has 9 heteroatoms. The smallest absolute Gasteiger partial charge is 0.238 e. The second-order valence-corrected chi connectivity index (χ2v) is 12.4. The van der Waals surface area contributed by atoms with Crippen LogP contribution >= 0.6 is 27.5 Å². The number of rotatable bonds is 4. The molecule has 0 aromatic heterocycles. The van der Waals surface area contributed by atoms with Crippen LogP contribution in [0.5, 0.6) is 11.5 Å². The van der Waals surface area contributed by atoms with Gasteiger partial charge in [-0.05, 0) is 65.7 Å². The van der Waals surface area contributed by atoms with Crippen LogP contribution in [-0.4, -0.2) is 36.4 Å². The summed E-state index contributed by atoms with van der Waals surface area (Å²) in [5.41, 5.74) is 1.99. The van der Waals surface area contributed by atoms with Crippen molar-refractivity contribution in [1.29, 1.82) is 0 Å². The molecule has 43 heavy (non-hydrogen) atoms. The second-order valence-electron chi connectivity index (χ2n) is 11.0. The fraction of sp³-hybridized carbons (Fsp3) is 0.147. The van der Waals surface area contributed by atoms with Gasteiger partial charge in [0.25, 0.3) is 0 Å². The van der Waals surface area contributed by atoms with Crippen LogP contribution in [0.25, 0.3) is 6.08 Å². The second kappa shape index (κ2) is 9.56. The van der Waals surface area contributed by atoms with Gasteiger partial charge in [0.15, 0.2) is 23.1 Å². The first kappa shape index (κ1) is 26.2. The van der Waals surface area contributed by atoms with Crippen molar-refractivity contribution in [1.82, 2.24) is 0 Å². The zero-order valence-electron chi connectivity index (χ0n) is 22.4. The third-order valence-electron chi connectivity index (χ3n) is 8.92. The number of nitrogens with zero attached hydrogens (tertiary/aromatic N) is 1. The number of carbonyl (C=O) groups excluding carboxylic acids is 3. The van der Waals surface area contributed by atoms with Crippen molar-refractivity contribution in [2.75, 3.05) is 17.0 Å². The number of anilines is 2. The standard InChI is InChI=1S/C34H22BrClN2O5/c35-21-9-5-18(6-10-21)31(40)32-34(23-3-1-2-4-24(23)37-33(34)41)29(30(39)20-8-14-27-28(16-20)43-17-42-27)26-12-7-19-15-22(36)11-13-25(19)38(26)32/h1-16,26,29,32H,17H2,(H,37,41)/t26-,29+,32-,34-/m0/s1. The molecular formula is C34H22BrClN2O5. The highest BCUT2D eigenvalue weighted by atomic mass is 79.9. The van der Waals surface area contributed by atoms with E-state index >= 15 is 0 Å². The summed E-state index contributed by atoms with van der Waals surface area (Å²) >= 11 is 9.84. The Bertz CT molecular complexity index is 1910. The third-order valence-corrected chi connectivity index (χ3v) is 9.68. The van der Waals surface area contributed by atoms with Crippen molar-refractivity contribution in [2.45, 2.75) is 17.5 Å². The van der Waals surface area contributed by atoms with Crippen LogP contribution in [-0.2, 0) is 10.2 Å². The van der Waals surface area contributed by atoms with Gasteiger partial charge in [-0.3, -0.25) is 14.4 Å². The summed E-state index contributed by atoms with van der Waals surface area (Å²) in [7, 11) is 0. The number of amides is 1. The minimum atomic E-state index is -1.55. The molecule has 0 unspecified atom stereocenters. The number of hydrogen-bond acceptors (Lipinski definition) is 6. The maximum absolute atomic E-state index is 14.9. The van der Waals surface area contributed by atoms with Gasteiger partial charge in [-0.1, -0.05) is 70.0 Å². The van der Waals surface area contributed by atoms with E-state index in [2.05, 4.69) is 21.2 Å². The van der Waals surface area contributed by atoms with Crippen LogP contribution in [0.4, 0.5) is 11.4 Å². The Kier molecular flexibility index (Phi) is 5.83. The number of ketones is 2. The molecule has 0 radical (unpaired) electrons. The summed E-state index contributed by atoms with van der Waals surface area (Å²) in [6, 6.07) is 23.2. The molecule has 1 amide bonds. The monoisotopic (exact) mass is 652 g/mol. The first-order chi connectivity index (χ1) is 20.9. The average molecular weight is 654 g/mol. The lowest BCUT2D eigenvalue weighted by Gasteiger charge is -2.37. The van der Waals surface area contributed by atoms with E-state index in [0.717, 1.165) is 15.7 Å². The number of nitrogens with one attached hydrogen (secondary N) is 1. The lowest BCUT2D eigenvalue weighted by molar-refractivity contribution is -0.121. The quantitative estimate of drug-likeness (QED) is 0.247. The summed E-state index contributed by atoms with van der Waals surface area (Å²) in [5.74, 6) is -0.861. The highest BCUT2D eigenvalue weighted by molar-refractivity contribution is 9.10. The SMILES string of the molecule is O=C(c1ccc(Br)cc1)[C@@H]1N2c3ccc(Cl)cc3C=C[C@H]2[C@H](C(=O)c2ccc3c(c2)OCO3)[C@]12C(=O)Nc1ccccc12. The highest BCUT2D eigenvalue weighted by Crippen LogP contribution is 2.58. The molecule has 1 N–H and O–H groups in total. The topological polar surface area (TPSA) is 84.9 Å². The minimum Gasteiger partial charge on any atom is -0.454 e. The van der Waals surface area contributed by atoms with Crippen molar-refractivity contribution >= 4 is 62.5 Å². The van der Waals surface area contributed by atoms with Crippen LogP contribution in [0, 0.1) is 5.92 Å². The average Bonchev–Trinajstić information content (AvgIpc) is 3.69. The minimum absolute atomic E-state index is 0.0678. The van der Waals surface area contributed by atoms with E-state index in [1.54, 1.807) is 48.5 Å². The number of hydrogen-bond donors (Lipinski definition) is 1. The zero-order valence-corrected chi connectivity index (χ0v) is 24.8. The van der Waals surface area contributed by atoms with Crippen LogP contribution in [0.3, 0.4) is 0 Å². The summed E-state index contributed by atoms with van der Waals surface area (Å²) in [5, 5.41) is 3.57. The van der Waals surface area contributed by atoms with Crippen LogP contribution in [0.15, 0.2) is 95.5 Å². The van der Waals surface area contributed by atoms with E-state index in [0.29, 0.717) is 38.9 Å². The molecule has 1 saturated heterocycles. The molecule has 212 valence electrons. The van der Waals surface area contributed by atoms with E-state index in [-0.39, 0.29) is 24.3 Å². The number of para-hydroxylation sites is 1. The number of ether oxygens (including phenoxy) is 2. The summed E-state index contributed by atoms with van der Waals surface area (Å²) in [4.78, 5) is 46.2. The number of fused-ring (bicyclic) bond motifs is 6. The van der Waals surface area contributed by atoms with Gasteiger partial charge < -0.3 is 19.7 Å². The molecule has 4 aromatic carbocycles. The Morgan fingerprint density at radius 2 is 1.67 bits per heavy atom. The predicted molar refractivity (Wildman–Crippen MR) is 166 cm³/mol. The molecule has 4 heterocycles. The van der Waals surface area contributed by atoms with Crippen molar-refractivity contribution in [2.24, 2.45) is 5.92 Å². The van der Waals surface area contributed by atoms with Gasteiger partial charge in [0.2, 0.25) is 12.7 Å². The normalized spacial score (nSPS) is 24.0. The molecular weight excluding hydrogens is 632 g/mol. The van der Waals surface area contributed by atoms with Crippen molar-refractivity contribution in [3.8, 4) is 11.5 Å². The van der Waals surface area contributed by atoms with E-state index < -0.39 is 23.4 Å². The lowest BCUT2D eigenvalue weighted by Crippen LogP contribution is -2.55. The van der Waals surface area contributed by atoms with E-state index in [1.165, 1.54) is 0 Å². The fourth-order valence-corrected chi connectivity index (χ4v) is 7.61. The summed E-state index contributed by atoms with van der Waals surface area (Å²) in [6.07, 6.45) is 3.83. The van der Waals surface area contributed by atoms with E-state index in [4.69, 9.17) is 21.1 Å². The molecule has 0 saturated carbocycles. The molecule has 4 atom stereocenters. The van der Waals surface area contributed by atoms with Gasteiger partial charge in [-0.2, -0.15) is 0 Å². The Hall–Kier alpha value is -4.40. The number of benzene rings is 4. The fourth-order valence-electron chi connectivity index (χ4n) is 7.17.